The van der Waals surface area contributed by atoms with Crippen LogP contribution in [0.2, 0.25) is 0 Å². The van der Waals surface area contributed by atoms with Crippen LogP contribution in [-0.4, -0.2) is 17.1 Å². The van der Waals surface area contributed by atoms with Gasteiger partial charge in [-0.1, -0.05) is 38.7 Å². The first kappa shape index (κ1) is 18.3. The van der Waals surface area contributed by atoms with Crippen LogP contribution in [-0.2, 0) is 4.79 Å². The Morgan fingerprint density at radius 1 is 1.25 bits per heavy atom. The van der Waals surface area contributed by atoms with Crippen molar-refractivity contribution in [2.24, 2.45) is 5.10 Å². The minimum Gasteiger partial charge on any atom is -0.448 e. The highest BCUT2D eigenvalue weighted by Crippen LogP contribution is 2.26. The Hall–Kier alpha value is -2.08. The molecule has 6 heteroatoms. The van der Waals surface area contributed by atoms with E-state index in [1.54, 1.807) is 6.20 Å². The number of hydrogen-bond donors (Lipinski definition) is 1. The van der Waals surface area contributed by atoms with Crippen molar-refractivity contribution in [3.05, 3.63) is 42.3 Å². The van der Waals surface area contributed by atoms with Crippen LogP contribution >= 0.6 is 11.8 Å². The molecule has 1 N–H and O–H groups in total. The fourth-order valence-electron chi connectivity index (χ4n) is 2.08. The van der Waals surface area contributed by atoms with Crippen molar-refractivity contribution in [1.29, 1.82) is 0 Å². The minimum absolute atomic E-state index is 0.0580. The molecular weight excluding hydrogens is 322 g/mol. The first-order valence-corrected chi connectivity index (χ1v) is 9.10. The molecule has 5 nitrogen and oxygen atoms in total. The molecule has 1 amide bonds. The average Bonchev–Trinajstić information content (AvgIpc) is 3.03. The van der Waals surface area contributed by atoms with Gasteiger partial charge in [-0.15, -0.1) is 0 Å². The highest BCUT2D eigenvalue weighted by Gasteiger charge is 2.04. The second kappa shape index (κ2) is 10.6. The Kier molecular flexibility index (Phi) is 8.10. The summed E-state index contributed by atoms with van der Waals surface area (Å²) in [5, 5.41) is 5.53. The first-order valence-electron chi connectivity index (χ1n) is 8.28. The Morgan fingerprint density at radius 3 is 2.92 bits per heavy atom. The van der Waals surface area contributed by atoms with E-state index >= 15 is 0 Å². The molecule has 2 rings (SSSR count). The molecule has 2 aromatic rings. The Morgan fingerprint density at radius 2 is 2.12 bits per heavy atom. The molecule has 0 aliphatic heterocycles. The molecule has 2 heterocycles. The van der Waals surface area contributed by atoms with Gasteiger partial charge < -0.3 is 4.42 Å². The maximum Gasteiger partial charge on any atom is 0.240 e. The zero-order chi connectivity index (χ0) is 17.0. The molecule has 24 heavy (non-hydrogen) atoms. The van der Waals surface area contributed by atoms with E-state index in [9.17, 15) is 4.79 Å². The molecule has 0 bridgehead atoms. The zero-order valence-electron chi connectivity index (χ0n) is 13.9. The number of pyridine rings is 1. The summed E-state index contributed by atoms with van der Waals surface area (Å²) in [5.41, 5.74) is 2.53. The van der Waals surface area contributed by atoms with Crippen LogP contribution in [0.3, 0.4) is 0 Å². The number of carbonyl (C=O) groups is 1. The van der Waals surface area contributed by atoms with E-state index in [1.165, 1.54) is 37.2 Å². The largest absolute Gasteiger partial charge is 0.448 e. The third kappa shape index (κ3) is 7.00. The Labute approximate surface area is 146 Å². The summed E-state index contributed by atoms with van der Waals surface area (Å²) >= 11 is 1.44. The van der Waals surface area contributed by atoms with Crippen LogP contribution in [0.1, 0.15) is 51.2 Å². The van der Waals surface area contributed by atoms with Crippen molar-refractivity contribution in [3.8, 4) is 0 Å². The SMILES string of the molecule is CCCCCCCC(=O)N/N=C/c1ccc(Sc2ccccn2)o1. The number of nitrogens with zero attached hydrogens (tertiary/aromatic N) is 2. The summed E-state index contributed by atoms with van der Waals surface area (Å²) in [5.74, 6) is 0.536. The molecule has 0 saturated heterocycles. The molecule has 0 aliphatic rings. The van der Waals surface area contributed by atoms with E-state index in [2.05, 4.69) is 22.4 Å². The number of nitrogens with one attached hydrogen (secondary N) is 1. The summed E-state index contributed by atoms with van der Waals surface area (Å²) in [6.07, 6.45) is 9.40. The van der Waals surface area contributed by atoms with Gasteiger partial charge in [0.05, 0.1) is 6.21 Å². The van der Waals surface area contributed by atoms with E-state index in [-0.39, 0.29) is 5.91 Å². The third-order valence-electron chi connectivity index (χ3n) is 3.33. The molecule has 0 atom stereocenters. The maximum absolute atomic E-state index is 11.6. The van der Waals surface area contributed by atoms with Crippen LogP contribution in [0.5, 0.6) is 0 Å². The van der Waals surface area contributed by atoms with Crippen molar-refractivity contribution in [3.63, 3.8) is 0 Å². The van der Waals surface area contributed by atoms with Gasteiger partial charge >= 0.3 is 0 Å². The minimum atomic E-state index is -0.0580. The van der Waals surface area contributed by atoms with Crippen molar-refractivity contribution in [2.75, 3.05) is 0 Å². The fourth-order valence-corrected chi connectivity index (χ4v) is 2.82. The molecule has 0 saturated carbocycles. The topological polar surface area (TPSA) is 67.5 Å². The van der Waals surface area contributed by atoms with Crippen LogP contribution in [0, 0.1) is 0 Å². The molecule has 0 aliphatic carbocycles. The van der Waals surface area contributed by atoms with Crippen LogP contribution in [0.25, 0.3) is 0 Å². The number of amides is 1. The van der Waals surface area contributed by atoms with Gasteiger partial charge in [-0.05, 0) is 42.4 Å². The van der Waals surface area contributed by atoms with Gasteiger partial charge in [-0.3, -0.25) is 4.79 Å². The first-order chi connectivity index (χ1) is 11.8. The van der Waals surface area contributed by atoms with E-state index in [0.29, 0.717) is 12.2 Å². The van der Waals surface area contributed by atoms with Crippen molar-refractivity contribution >= 4 is 23.9 Å². The number of furan rings is 1. The lowest BCUT2D eigenvalue weighted by Crippen LogP contribution is -2.16. The number of aromatic nitrogens is 1. The van der Waals surface area contributed by atoms with Gasteiger partial charge in [-0.25, -0.2) is 10.4 Å². The zero-order valence-corrected chi connectivity index (χ0v) is 14.7. The summed E-state index contributed by atoms with van der Waals surface area (Å²) in [7, 11) is 0. The molecule has 0 spiro atoms. The predicted molar refractivity (Wildman–Crippen MR) is 96.2 cm³/mol. The molecule has 2 aromatic heterocycles. The van der Waals surface area contributed by atoms with Crippen molar-refractivity contribution in [1.82, 2.24) is 10.4 Å². The van der Waals surface area contributed by atoms with E-state index in [0.717, 1.165) is 23.0 Å². The molecule has 0 fully saturated rings. The summed E-state index contributed by atoms with van der Waals surface area (Å²) in [6, 6.07) is 9.39. The molecular formula is C18H23N3O2S. The summed E-state index contributed by atoms with van der Waals surface area (Å²) < 4.78 is 5.62. The predicted octanol–water partition coefficient (Wildman–Crippen LogP) is 4.64. The van der Waals surface area contributed by atoms with Gasteiger partial charge in [-0.2, -0.15) is 5.10 Å². The maximum atomic E-state index is 11.6. The number of unbranched alkanes of at least 4 members (excludes halogenated alkanes) is 4. The van der Waals surface area contributed by atoms with Crippen LogP contribution in [0.15, 0.2) is 56.2 Å². The smallest absolute Gasteiger partial charge is 0.240 e. The number of hydrazone groups is 1. The normalized spacial score (nSPS) is 11.0. The van der Waals surface area contributed by atoms with Crippen LogP contribution in [0.4, 0.5) is 0 Å². The van der Waals surface area contributed by atoms with Crippen LogP contribution < -0.4 is 5.43 Å². The lowest BCUT2D eigenvalue weighted by molar-refractivity contribution is -0.121. The second-order valence-corrected chi connectivity index (χ2v) is 6.41. The van der Waals surface area contributed by atoms with E-state index in [1.807, 2.05) is 30.3 Å². The lowest BCUT2D eigenvalue weighted by Gasteiger charge is -1.99. The second-order valence-electron chi connectivity index (χ2n) is 5.38. The number of rotatable bonds is 10. The monoisotopic (exact) mass is 345 g/mol. The third-order valence-corrected chi connectivity index (χ3v) is 4.20. The Bertz CT molecular complexity index is 641. The van der Waals surface area contributed by atoms with Crippen molar-refractivity contribution in [2.45, 2.75) is 55.6 Å². The molecule has 128 valence electrons. The fraction of sp³-hybridized carbons (Fsp3) is 0.389. The molecule has 0 unspecified atom stereocenters. The summed E-state index contributed by atoms with van der Waals surface area (Å²) in [4.78, 5) is 15.9. The molecule has 0 radical (unpaired) electrons. The van der Waals surface area contributed by atoms with Gasteiger partial charge in [0, 0.05) is 12.6 Å². The number of carbonyl (C=O) groups excluding carboxylic acids is 1. The Balaban J connectivity index is 1.70. The van der Waals surface area contributed by atoms with Gasteiger partial charge in [0.2, 0.25) is 5.91 Å². The van der Waals surface area contributed by atoms with Gasteiger partial charge in [0.15, 0.2) is 5.09 Å². The highest BCUT2D eigenvalue weighted by molar-refractivity contribution is 7.99. The number of hydrogen-bond acceptors (Lipinski definition) is 5. The highest BCUT2D eigenvalue weighted by atomic mass is 32.2. The molecule has 0 aromatic carbocycles. The van der Waals surface area contributed by atoms with Gasteiger partial charge in [0.25, 0.3) is 0 Å². The van der Waals surface area contributed by atoms with Gasteiger partial charge in [0.1, 0.15) is 10.8 Å². The standard InChI is InChI=1S/C18H23N3O2S/c1-2-3-4-5-6-9-16(22)21-20-14-15-11-12-18(23-15)24-17-10-7-8-13-19-17/h7-8,10-14H,2-6,9H2,1H3,(H,21,22)/b20-14+. The van der Waals surface area contributed by atoms with E-state index < -0.39 is 0 Å². The van der Waals surface area contributed by atoms with Crippen molar-refractivity contribution < 1.29 is 9.21 Å². The lowest BCUT2D eigenvalue weighted by atomic mass is 10.1. The summed E-state index contributed by atoms with van der Waals surface area (Å²) in [6.45, 7) is 2.18. The van der Waals surface area contributed by atoms with E-state index in [4.69, 9.17) is 4.42 Å². The average molecular weight is 345 g/mol. The quantitative estimate of drug-likeness (QED) is 0.387.